The number of benzene rings is 2. The standard InChI is InChI=1S/C27H30N6O2/c34-17-23-15-31(14-20-8-10-22(11-9-20)21-6-2-1-3-7-21)16-24(35-23)33-19-30-25-26(28-18-29-27(25)33)32-12-4-5-13-32/h1-3,6-11,18-19,23-24,34H,4-5,12-17H2/t23-,24+/m0/s1. The number of hydrogen-bond acceptors (Lipinski definition) is 7. The lowest BCUT2D eigenvalue weighted by molar-refractivity contribution is -0.135. The van der Waals surface area contributed by atoms with E-state index in [9.17, 15) is 5.11 Å². The van der Waals surface area contributed by atoms with Gasteiger partial charge in [0.05, 0.1) is 19.0 Å². The molecular formula is C27H30N6O2. The summed E-state index contributed by atoms with van der Waals surface area (Å²) in [7, 11) is 0. The van der Waals surface area contributed by atoms with Crippen LogP contribution in [0.5, 0.6) is 0 Å². The topological polar surface area (TPSA) is 79.5 Å². The number of imidazole rings is 1. The van der Waals surface area contributed by atoms with Gasteiger partial charge in [-0.2, -0.15) is 0 Å². The Balaban J connectivity index is 1.22. The van der Waals surface area contributed by atoms with Crippen molar-refractivity contribution in [2.75, 3.05) is 37.7 Å². The first kappa shape index (κ1) is 22.2. The SMILES string of the molecule is OC[C@@H]1CN(Cc2ccc(-c3ccccc3)cc2)C[C@H](n2cnc3c(N4CCCC4)ncnc32)O1. The highest BCUT2D eigenvalue weighted by molar-refractivity contribution is 5.83. The monoisotopic (exact) mass is 470 g/mol. The van der Waals surface area contributed by atoms with E-state index in [2.05, 4.69) is 73.3 Å². The zero-order valence-corrected chi connectivity index (χ0v) is 19.7. The Morgan fingerprint density at radius 1 is 0.886 bits per heavy atom. The summed E-state index contributed by atoms with van der Waals surface area (Å²) >= 11 is 0. The van der Waals surface area contributed by atoms with Gasteiger partial charge in [-0.05, 0) is 29.5 Å². The number of fused-ring (bicyclic) bond motifs is 1. The van der Waals surface area contributed by atoms with Gasteiger partial charge in [-0.3, -0.25) is 9.47 Å². The molecule has 2 aliphatic rings. The van der Waals surface area contributed by atoms with Gasteiger partial charge in [-0.1, -0.05) is 54.6 Å². The number of aliphatic hydroxyl groups is 1. The van der Waals surface area contributed by atoms with Gasteiger partial charge >= 0.3 is 0 Å². The number of hydrogen-bond donors (Lipinski definition) is 1. The fourth-order valence-electron chi connectivity index (χ4n) is 5.18. The third-order valence-corrected chi connectivity index (χ3v) is 6.95. The van der Waals surface area contributed by atoms with Crippen LogP contribution in [0.25, 0.3) is 22.3 Å². The Hall–Kier alpha value is -3.33. The van der Waals surface area contributed by atoms with Crippen molar-refractivity contribution in [3.8, 4) is 11.1 Å². The molecule has 8 nitrogen and oxygen atoms in total. The maximum absolute atomic E-state index is 9.94. The number of morpholine rings is 1. The molecule has 2 aliphatic heterocycles. The number of ether oxygens (including phenoxy) is 1. The van der Waals surface area contributed by atoms with Crippen molar-refractivity contribution in [3.05, 3.63) is 72.8 Å². The summed E-state index contributed by atoms with van der Waals surface area (Å²) in [5, 5.41) is 9.94. The first-order chi connectivity index (χ1) is 17.3. The summed E-state index contributed by atoms with van der Waals surface area (Å²) in [5.41, 5.74) is 5.25. The van der Waals surface area contributed by atoms with Gasteiger partial charge in [0.25, 0.3) is 0 Å². The predicted molar refractivity (Wildman–Crippen MR) is 135 cm³/mol. The molecule has 2 aromatic heterocycles. The van der Waals surface area contributed by atoms with Crippen molar-refractivity contribution in [1.29, 1.82) is 0 Å². The predicted octanol–water partition coefficient (Wildman–Crippen LogP) is 3.49. The molecular weight excluding hydrogens is 440 g/mol. The highest BCUT2D eigenvalue weighted by Crippen LogP contribution is 2.29. The molecule has 0 spiro atoms. The second-order valence-corrected chi connectivity index (χ2v) is 9.37. The molecule has 2 saturated heterocycles. The minimum Gasteiger partial charge on any atom is -0.394 e. The summed E-state index contributed by atoms with van der Waals surface area (Å²) < 4.78 is 8.25. The van der Waals surface area contributed by atoms with Crippen LogP contribution >= 0.6 is 0 Å². The number of anilines is 1. The number of nitrogens with zero attached hydrogens (tertiary/aromatic N) is 6. The Bertz CT molecular complexity index is 1270. The average molecular weight is 471 g/mol. The van der Waals surface area contributed by atoms with E-state index >= 15 is 0 Å². The van der Waals surface area contributed by atoms with Gasteiger partial charge in [0.15, 0.2) is 17.0 Å². The molecule has 35 heavy (non-hydrogen) atoms. The highest BCUT2D eigenvalue weighted by Gasteiger charge is 2.30. The molecule has 2 fully saturated rings. The zero-order valence-electron chi connectivity index (χ0n) is 19.7. The lowest BCUT2D eigenvalue weighted by Gasteiger charge is -2.38. The van der Waals surface area contributed by atoms with Gasteiger partial charge in [0.2, 0.25) is 0 Å². The molecule has 6 rings (SSSR count). The first-order valence-corrected chi connectivity index (χ1v) is 12.3. The molecule has 8 heteroatoms. The Kier molecular flexibility index (Phi) is 6.16. The van der Waals surface area contributed by atoms with Gasteiger partial charge in [-0.15, -0.1) is 0 Å². The van der Waals surface area contributed by atoms with E-state index < -0.39 is 0 Å². The fourth-order valence-corrected chi connectivity index (χ4v) is 5.18. The van der Waals surface area contributed by atoms with Gasteiger partial charge in [-0.25, -0.2) is 15.0 Å². The maximum Gasteiger partial charge on any atom is 0.167 e. The van der Waals surface area contributed by atoms with E-state index in [4.69, 9.17) is 4.74 Å². The molecule has 0 aliphatic carbocycles. The molecule has 4 heterocycles. The summed E-state index contributed by atoms with van der Waals surface area (Å²) in [6.07, 6.45) is 5.22. The second-order valence-electron chi connectivity index (χ2n) is 9.37. The smallest absolute Gasteiger partial charge is 0.167 e. The van der Waals surface area contributed by atoms with Crippen LogP contribution in [-0.4, -0.2) is 68.4 Å². The normalized spacial score (nSPS) is 21.1. The number of aromatic nitrogens is 4. The summed E-state index contributed by atoms with van der Waals surface area (Å²) in [6, 6.07) is 19.1. The third kappa shape index (κ3) is 4.52. The molecule has 0 saturated carbocycles. The molecule has 0 amide bonds. The molecule has 4 aromatic rings. The van der Waals surface area contributed by atoms with Crippen LogP contribution in [0.2, 0.25) is 0 Å². The Morgan fingerprint density at radius 3 is 2.43 bits per heavy atom. The van der Waals surface area contributed by atoms with Gasteiger partial charge < -0.3 is 14.7 Å². The van der Waals surface area contributed by atoms with E-state index in [1.807, 2.05) is 10.6 Å². The zero-order chi connectivity index (χ0) is 23.6. The van der Waals surface area contributed by atoms with Crippen LogP contribution < -0.4 is 4.90 Å². The van der Waals surface area contributed by atoms with E-state index in [0.29, 0.717) is 13.1 Å². The summed E-state index contributed by atoms with van der Waals surface area (Å²) in [5.74, 6) is 0.899. The van der Waals surface area contributed by atoms with E-state index in [1.165, 1.54) is 29.5 Å². The quantitative estimate of drug-likeness (QED) is 0.462. The second kappa shape index (κ2) is 9.73. The first-order valence-electron chi connectivity index (χ1n) is 12.3. The summed E-state index contributed by atoms with van der Waals surface area (Å²) in [6.45, 7) is 4.12. The van der Waals surface area contributed by atoms with Crippen molar-refractivity contribution in [2.45, 2.75) is 31.7 Å². The summed E-state index contributed by atoms with van der Waals surface area (Å²) in [4.78, 5) is 18.4. The molecule has 0 radical (unpaired) electrons. The molecule has 180 valence electrons. The van der Waals surface area contributed by atoms with Crippen molar-refractivity contribution in [1.82, 2.24) is 24.4 Å². The lowest BCUT2D eigenvalue weighted by atomic mass is 10.0. The molecule has 0 unspecified atom stereocenters. The van der Waals surface area contributed by atoms with Crippen molar-refractivity contribution < 1.29 is 9.84 Å². The minimum atomic E-state index is -0.282. The van der Waals surface area contributed by atoms with Gasteiger partial charge in [0, 0.05) is 32.7 Å². The Labute approximate surface area is 204 Å². The van der Waals surface area contributed by atoms with Crippen LogP contribution in [0.4, 0.5) is 5.82 Å². The van der Waals surface area contributed by atoms with Crippen LogP contribution in [0, 0.1) is 0 Å². The fraction of sp³-hybridized carbons (Fsp3) is 0.370. The number of aliphatic hydroxyl groups excluding tert-OH is 1. The number of rotatable bonds is 6. The lowest BCUT2D eigenvalue weighted by Crippen LogP contribution is -2.46. The van der Waals surface area contributed by atoms with E-state index in [0.717, 1.165) is 36.6 Å². The molecule has 0 bridgehead atoms. The molecule has 2 aromatic carbocycles. The van der Waals surface area contributed by atoms with Crippen LogP contribution in [0.15, 0.2) is 67.3 Å². The van der Waals surface area contributed by atoms with Crippen molar-refractivity contribution in [2.24, 2.45) is 0 Å². The van der Waals surface area contributed by atoms with Crippen molar-refractivity contribution >= 4 is 17.0 Å². The van der Waals surface area contributed by atoms with Crippen LogP contribution in [-0.2, 0) is 11.3 Å². The maximum atomic E-state index is 9.94. The third-order valence-electron chi connectivity index (χ3n) is 6.95. The average Bonchev–Trinajstić information content (AvgIpc) is 3.60. The van der Waals surface area contributed by atoms with Gasteiger partial charge in [0.1, 0.15) is 12.6 Å². The highest BCUT2D eigenvalue weighted by atomic mass is 16.5. The van der Waals surface area contributed by atoms with Crippen molar-refractivity contribution in [3.63, 3.8) is 0 Å². The van der Waals surface area contributed by atoms with E-state index in [-0.39, 0.29) is 18.9 Å². The minimum absolute atomic E-state index is 0.0272. The molecule has 2 atom stereocenters. The van der Waals surface area contributed by atoms with Crippen LogP contribution in [0.3, 0.4) is 0 Å². The molecule has 1 N–H and O–H groups in total. The van der Waals surface area contributed by atoms with Crippen LogP contribution in [0.1, 0.15) is 24.6 Å². The largest absolute Gasteiger partial charge is 0.394 e. The van der Waals surface area contributed by atoms with E-state index in [1.54, 1.807) is 12.7 Å². The Morgan fingerprint density at radius 2 is 1.66 bits per heavy atom.